The lowest BCUT2D eigenvalue weighted by Gasteiger charge is -2.19. The third-order valence-electron chi connectivity index (χ3n) is 2.60. The highest BCUT2D eigenvalue weighted by Crippen LogP contribution is 2.18. The second kappa shape index (κ2) is 5.32. The van der Waals surface area contributed by atoms with E-state index in [1.54, 1.807) is 7.11 Å². The SMILES string of the molecule is COC(C)C(C)NCC(=O)NC1CC1. The third-order valence-corrected chi connectivity index (χ3v) is 2.60. The number of carbonyl (C=O) groups is 1. The van der Waals surface area contributed by atoms with Gasteiger partial charge in [-0.25, -0.2) is 0 Å². The van der Waals surface area contributed by atoms with E-state index in [2.05, 4.69) is 10.6 Å². The van der Waals surface area contributed by atoms with Crippen LogP contribution in [0.2, 0.25) is 0 Å². The molecule has 2 N–H and O–H groups in total. The molecule has 1 saturated carbocycles. The monoisotopic (exact) mass is 200 g/mol. The maximum absolute atomic E-state index is 11.3. The van der Waals surface area contributed by atoms with Crippen LogP contribution in [-0.4, -0.2) is 37.7 Å². The molecule has 0 aromatic carbocycles. The van der Waals surface area contributed by atoms with E-state index in [1.807, 2.05) is 13.8 Å². The van der Waals surface area contributed by atoms with Gasteiger partial charge in [0, 0.05) is 19.2 Å². The van der Waals surface area contributed by atoms with Crippen molar-refractivity contribution in [3.63, 3.8) is 0 Å². The predicted molar refractivity (Wildman–Crippen MR) is 55.1 cm³/mol. The Morgan fingerprint density at radius 1 is 1.50 bits per heavy atom. The van der Waals surface area contributed by atoms with Crippen molar-refractivity contribution in [2.24, 2.45) is 0 Å². The summed E-state index contributed by atoms with van der Waals surface area (Å²) >= 11 is 0. The Hall–Kier alpha value is -0.610. The lowest BCUT2D eigenvalue weighted by Crippen LogP contribution is -2.43. The van der Waals surface area contributed by atoms with Gasteiger partial charge in [0.05, 0.1) is 12.6 Å². The lowest BCUT2D eigenvalue weighted by molar-refractivity contribution is -0.120. The Labute approximate surface area is 85.4 Å². The molecule has 0 bridgehead atoms. The van der Waals surface area contributed by atoms with E-state index in [-0.39, 0.29) is 18.1 Å². The topological polar surface area (TPSA) is 50.4 Å². The first-order valence-electron chi connectivity index (χ1n) is 5.19. The van der Waals surface area contributed by atoms with E-state index in [0.717, 1.165) is 12.8 Å². The van der Waals surface area contributed by atoms with Crippen LogP contribution in [0.3, 0.4) is 0 Å². The third kappa shape index (κ3) is 4.07. The largest absolute Gasteiger partial charge is 0.380 e. The lowest BCUT2D eigenvalue weighted by atomic mass is 10.2. The first-order valence-corrected chi connectivity index (χ1v) is 5.19. The Bertz CT molecular complexity index is 193. The summed E-state index contributed by atoms with van der Waals surface area (Å²) in [6.07, 6.45) is 2.40. The van der Waals surface area contributed by atoms with E-state index in [0.29, 0.717) is 12.6 Å². The van der Waals surface area contributed by atoms with E-state index < -0.39 is 0 Å². The highest BCUT2D eigenvalue weighted by atomic mass is 16.5. The molecule has 0 saturated heterocycles. The summed E-state index contributed by atoms with van der Waals surface area (Å²) in [5.41, 5.74) is 0. The van der Waals surface area contributed by atoms with Crippen LogP contribution in [0, 0.1) is 0 Å². The zero-order valence-corrected chi connectivity index (χ0v) is 9.17. The Kier molecular flexibility index (Phi) is 4.35. The van der Waals surface area contributed by atoms with Gasteiger partial charge in [0.25, 0.3) is 0 Å². The van der Waals surface area contributed by atoms with Crippen molar-refractivity contribution in [3.8, 4) is 0 Å². The molecule has 2 atom stereocenters. The Morgan fingerprint density at radius 2 is 2.14 bits per heavy atom. The molecule has 4 nitrogen and oxygen atoms in total. The van der Waals surface area contributed by atoms with E-state index in [1.165, 1.54) is 0 Å². The maximum atomic E-state index is 11.3. The highest BCUT2D eigenvalue weighted by molar-refractivity contribution is 5.78. The van der Waals surface area contributed by atoms with E-state index in [9.17, 15) is 4.79 Å². The number of ether oxygens (including phenoxy) is 1. The number of nitrogens with one attached hydrogen (secondary N) is 2. The highest BCUT2D eigenvalue weighted by Gasteiger charge is 2.23. The van der Waals surface area contributed by atoms with Gasteiger partial charge < -0.3 is 15.4 Å². The molecule has 1 amide bonds. The first kappa shape index (κ1) is 11.5. The first-order chi connectivity index (χ1) is 6.63. The summed E-state index contributed by atoms with van der Waals surface area (Å²) in [5.74, 6) is 0.0858. The van der Waals surface area contributed by atoms with Crippen molar-refractivity contribution in [2.75, 3.05) is 13.7 Å². The van der Waals surface area contributed by atoms with Crippen LogP contribution in [0.4, 0.5) is 0 Å². The van der Waals surface area contributed by atoms with Crippen LogP contribution in [0.15, 0.2) is 0 Å². The molecule has 0 aliphatic heterocycles. The molecule has 82 valence electrons. The molecule has 0 spiro atoms. The van der Waals surface area contributed by atoms with Crippen LogP contribution in [0.1, 0.15) is 26.7 Å². The second-order valence-electron chi connectivity index (χ2n) is 3.95. The second-order valence-corrected chi connectivity index (χ2v) is 3.95. The van der Waals surface area contributed by atoms with Crippen molar-refractivity contribution in [3.05, 3.63) is 0 Å². The fourth-order valence-electron chi connectivity index (χ4n) is 1.13. The van der Waals surface area contributed by atoms with Gasteiger partial charge in [-0.05, 0) is 26.7 Å². The number of methoxy groups -OCH3 is 1. The van der Waals surface area contributed by atoms with Gasteiger partial charge in [-0.2, -0.15) is 0 Å². The average Bonchev–Trinajstić information content (AvgIpc) is 2.96. The smallest absolute Gasteiger partial charge is 0.234 e. The molecule has 1 rings (SSSR count). The minimum absolute atomic E-state index is 0.0858. The van der Waals surface area contributed by atoms with Crippen LogP contribution >= 0.6 is 0 Å². The molecule has 0 aromatic rings. The number of hydrogen-bond acceptors (Lipinski definition) is 3. The molecular formula is C10H20N2O2. The van der Waals surface area contributed by atoms with Gasteiger partial charge in [-0.3, -0.25) is 4.79 Å². The molecule has 0 heterocycles. The van der Waals surface area contributed by atoms with Crippen molar-refractivity contribution in [1.29, 1.82) is 0 Å². The van der Waals surface area contributed by atoms with Gasteiger partial charge in [0.2, 0.25) is 5.91 Å². The van der Waals surface area contributed by atoms with Crippen LogP contribution in [0.5, 0.6) is 0 Å². The summed E-state index contributed by atoms with van der Waals surface area (Å²) in [4.78, 5) is 11.3. The summed E-state index contributed by atoms with van der Waals surface area (Å²) in [6.45, 7) is 4.38. The summed E-state index contributed by atoms with van der Waals surface area (Å²) in [6, 6.07) is 0.643. The normalized spacial score (nSPS) is 20.2. The molecule has 1 aliphatic carbocycles. The van der Waals surface area contributed by atoms with Gasteiger partial charge in [0.1, 0.15) is 0 Å². The van der Waals surface area contributed by atoms with E-state index >= 15 is 0 Å². The molecule has 14 heavy (non-hydrogen) atoms. The molecule has 1 fully saturated rings. The van der Waals surface area contributed by atoms with Crippen molar-refractivity contribution in [1.82, 2.24) is 10.6 Å². The predicted octanol–water partition coefficient (Wildman–Crippen LogP) is 0.278. The zero-order chi connectivity index (χ0) is 10.6. The minimum atomic E-state index is 0.0858. The van der Waals surface area contributed by atoms with Crippen LogP contribution in [-0.2, 0) is 9.53 Å². The van der Waals surface area contributed by atoms with Crippen molar-refractivity contribution in [2.45, 2.75) is 44.9 Å². The average molecular weight is 200 g/mol. The van der Waals surface area contributed by atoms with Crippen LogP contribution < -0.4 is 10.6 Å². The number of rotatable bonds is 6. The quantitative estimate of drug-likeness (QED) is 0.647. The summed E-state index contributed by atoms with van der Waals surface area (Å²) in [5, 5.41) is 6.05. The summed E-state index contributed by atoms with van der Waals surface area (Å²) < 4.78 is 5.14. The Morgan fingerprint density at radius 3 is 2.64 bits per heavy atom. The van der Waals surface area contributed by atoms with Crippen molar-refractivity contribution >= 4 is 5.91 Å². The van der Waals surface area contributed by atoms with Crippen molar-refractivity contribution < 1.29 is 9.53 Å². The van der Waals surface area contributed by atoms with Gasteiger partial charge in [0.15, 0.2) is 0 Å². The molecule has 4 heteroatoms. The fourth-order valence-corrected chi connectivity index (χ4v) is 1.13. The Balaban J connectivity index is 2.08. The van der Waals surface area contributed by atoms with Gasteiger partial charge in [-0.15, -0.1) is 0 Å². The van der Waals surface area contributed by atoms with Crippen LogP contribution in [0.25, 0.3) is 0 Å². The standard InChI is InChI=1S/C10H20N2O2/c1-7(8(2)14-3)11-6-10(13)12-9-4-5-9/h7-9,11H,4-6H2,1-3H3,(H,12,13). The molecule has 1 aliphatic rings. The minimum Gasteiger partial charge on any atom is -0.380 e. The molecule has 0 aromatic heterocycles. The maximum Gasteiger partial charge on any atom is 0.234 e. The molecular weight excluding hydrogens is 180 g/mol. The number of hydrogen-bond donors (Lipinski definition) is 2. The number of carbonyl (C=O) groups excluding carboxylic acids is 1. The molecule has 0 radical (unpaired) electrons. The van der Waals surface area contributed by atoms with E-state index in [4.69, 9.17) is 4.74 Å². The molecule has 2 unspecified atom stereocenters. The number of amides is 1. The fraction of sp³-hybridized carbons (Fsp3) is 0.900. The van der Waals surface area contributed by atoms with Gasteiger partial charge >= 0.3 is 0 Å². The van der Waals surface area contributed by atoms with Gasteiger partial charge in [-0.1, -0.05) is 0 Å². The zero-order valence-electron chi connectivity index (χ0n) is 9.17. The summed E-state index contributed by atoms with van der Waals surface area (Å²) in [7, 11) is 1.67.